The molecule has 0 saturated carbocycles. The van der Waals surface area contributed by atoms with E-state index < -0.39 is 0 Å². The monoisotopic (exact) mass is 458 g/mol. The highest BCUT2D eigenvalue weighted by Gasteiger charge is 2.14. The number of nitrogens with zero attached hydrogens (tertiary/aromatic N) is 1. The Bertz CT molecular complexity index is 1110. The van der Waals surface area contributed by atoms with Crippen molar-refractivity contribution in [2.45, 2.75) is 0 Å². The number of aromatic nitrogens is 1. The number of carbonyl (C=O) groups excluding carboxylic acids is 1. The van der Waals surface area contributed by atoms with Gasteiger partial charge in [0, 0.05) is 11.9 Å². The van der Waals surface area contributed by atoms with Gasteiger partial charge in [-0.2, -0.15) is 0 Å². The molecule has 1 heterocycles. The van der Waals surface area contributed by atoms with E-state index in [9.17, 15) is 4.79 Å². The van der Waals surface area contributed by atoms with Gasteiger partial charge in [-0.05, 0) is 54.1 Å². The van der Waals surface area contributed by atoms with Crippen LogP contribution in [0.4, 0.5) is 11.5 Å². The third-order valence-corrected chi connectivity index (χ3v) is 5.11. The lowest BCUT2D eigenvalue weighted by Crippen LogP contribution is -2.03. The maximum absolute atomic E-state index is 12.9. The van der Waals surface area contributed by atoms with E-state index in [4.69, 9.17) is 37.4 Å². The number of pyridine rings is 1. The average Bonchev–Trinajstić information content (AvgIpc) is 2.79. The van der Waals surface area contributed by atoms with Crippen molar-refractivity contribution in [3.8, 4) is 17.2 Å². The number of hydrogen-bond donors (Lipinski definition) is 1. The van der Waals surface area contributed by atoms with Crippen LogP contribution >= 0.6 is 23.2 Å². The molecule has 2 aromatic carbocycles. The molecule has 8 heteroatoms. The van der Waals surface area contributed by atoms with Gasteiger partial charge in [0.25, 0.3) is 0 Å². The first-order valence-electron chi connectivity index (χ1n) is 9.16. The van der Waals surface area contributed by atoms with E-state index in [0.717, 1.165) is 0 Å². The van der Waals surface area contributed by atoms with Crippen LogP contribution in [-0.2, 0) is 0 Å². The Balaban J connectivity index is 1.87. The maximum atomic E-state index is 12.9. The number of benzene rings is 2. The second-order valence-electron chi connectivity index (χ2n) is 6.31. The standard InChI is InChI=1S/C23H20Cl2N2O4/c1-29-20-11-14(12-21(30-2)22(20)31-3)6-9-19(28)16-5-4-10-26-23(16)27-15-7-8-17(24)18(25)13-15/h4-13H,1-3H3,(H,26,27). The van der Waals surface area contributed by atoms with Gasteiger partial charge in [0.1, 0.15) is 5.82 Å². The van der Waals surface area contributed by atoms with E-state index in [1.54, 1.807) is 54.7 Å². The molecule has 0 aliphatic heterocycles. The highest BCUT2D eigenvalue weighted by atomic mass is 35.5. The van der Waals surface area contributed by atoms with Crippen molar-refractivity contribution in [2.24, 2.45) is 0 Å². The number of allylic oxidation sites excluding steroid dienone is 1. The zero-order valence-corrected chi connectivity index (χ0v) is 18.6. The highest BCUT2D eigenvalue weighted by molar-refractivity contribution is 6.42. The molecule has 0 spiro atoms. The van der Waals surface area contributed by atoms with Crippen LogP contribution in [0.15, 0.2) is 54.7 Å². The van der Waals surface area contributed by atoms with Crippen LogP contribution in [0, 0.1) is 0 Å². The predicted molar refractivity (Wildman–Crippen MR) is 123 cm³/mol. The van der Waals surface area contributed by atoms with E-state index in [1.807, 2.05) is 0 Å². The molecule has 0 radical (unpaired) electrons. The summed E-state index contributed by atoms with van der Waals surface area (Å²) >= 11 is 12.0. The average molecular weight is 459 g/mol. The Labute approximate surface area is 190 Å². The quantitative estimate of drug-likeness (QED) is 0.327. The molecule has 0 unspecified atom stereocenters. The Morgan fingerprint density at radius 2 is 1.68 bits per heavy atom. The van der Waals surface area contributed by atoms with Crippen LogP contribution in [0.1, 0.15) is 15.9 Å². The number of ether oxygens (including phenoxy) is 3. The van der Waals surface area contributed by atoms with Gasteiger partial charge in [-0.25, -0.2) is 4.98 Å². The number of carbonyl (C=O) groups is 1. The van der Waals surface area contributed by atoms with Crippen molar-refractivity contribution in [3.63, 3.8) is 0 Å². The predicted octanol–water partition coefficient (Wildman–Crippen LogP) is 6.05. The first-order valence-corrected chi connectivity index (χ1v) is 9.92. The third-order valence-electron chi connectivity index (χ3n) is 4.37. The van der Waals surface area contributed by atoms with E-state index >= 15 is 0 Å². The first-order chi connectivity index (χ1) is 15.0. The molecule has 1 aromatic heterocycles. The highest BCUT2D eigenvalue weighted by Crippen LogP contribution is 2.38. The van der Waals surface area contributed by atoms with Crippen LogP contribution in [0.2, 0.25) is 10.0 Å². The minimum Gasteiger partial charge on any atom is -0.493 e. The molecule has 3 aromatic rings. The van der Waals surface area contributed by atoms with Gasteiger partial charge in [0.2, 0.25) is 5.75 Å². The first kappa shape index (κ1) is 22.5. The molecule has 0 saturated heterocycles. The third kappa shape index (κ3) is 5.29. The molecule has 31 heavy (non-hydrogen) atoms. The van der Waals surface area contributed by atoms with Gasteiger partial charge in [-0.3, -0.25) is 4.79 Å². The molecule has 3 rings (SSSR count). The largest absolute Gasteiger partial charge is 0.493 e. The van der Waals surface area contributed by atoms with Crippen molar-refractivity contribution in [1.82, 2.24) is 4.98 Å². The summed E-state index contributed by atoms with van der Waals surface area (Å²) < 4.78 is 16.0. The molecule has 6 nitrogen and oxygen atoms in total. The summed E-state index contributed by atoms with van der Waals surface area (Å²) in [4.78, 5) is 17.2. The second-order valence-corrected chi connectivity index (χ2v) is 7.12. The topological polar surface area (TPSA) is 69.7 Å². The number of nitrogens with one attached hydrogen (secondary N) is 1. The summed E-state index contributed by atoms with van der Waals surface area (Å²) in [6.45, 7) is 0. The van der Waals surface area contributed by atoms with Crippen LogP contribution in [-0.4, -0.2) is 32.1 Å². The zero-order chi connectivity index (χ0) is 22.4. The summed E-state index contributed by atoms with van der Waals surface area (Å²) in [7, 11) is 4.60. The summed E-state index contributed by atoms with van der Waals surface area (Å²) in [6.07, 6.45) is 4.72. The molecule has 0 amide bonds. The van der Waals surface area contributed by atoms with Gasteiger partial charge in [-0.15, -0.1) is 0 Å². The number of methoxy groups -OCH3 is 3. The molecule has 0 bridgehead atoms. The van der Waals surface area contributed by atoms with Crippen molar-refractivity contribution in [1.29, 1.82) is 0 Å². The summed E-state index contributed by atoms with van der Waals surface area (Å²) in [5.41, 5.74) is 1.78. The molecular formula is C23H20Cl2N2O4. The van der Waals surface area contributed by atoms with Crippen LogP contribution < -0.4 is 19.5 Å². The fraction of sp³-hybridized carbons (Fsp3) is 0.130. The number of rotatable bonds is 8. The van der Waals surface area contributed by atoms with Crippen LogP contribution in [0.5, 0.6) is 17.2 Å². The molecule has 0 atom stereocenters. The van der Waals surface area contributed by atoms with Gasteiger partial charge in [0.15, 0.2) is 17.3 Å². The molecule has 0 aliphatic carbocycles. The maximum Gasteiger partial charge on any atom is 0.203 e. The Kier molecular flexibility index (Phi) is 7.39. The molecule has 160 valence electrons. The lowest BCUT2D eigenvalue weighted by atomic mass is 10.1. The number of halogens is 2. The number of anilines is 2. The lowest BCUT2D eigenvalue weighted by molar-refractivity contribution is 0.104. The summed E-state index contributed by atoms with van der Waals surface area (Å²) in [5, 5.41) is 3.95. The van der Waals surface area contributed by atoms with Crippen molar-refractivity contribution in [3.05, 3.63) is 75.9 Å². The van der Waals surface area contributed by atoms with Gasteiger partial charge < -0.3 is 19.5 Å². The summed E-state index contributed by atoms with van der Waals surface area (Å²) in [6, 6.07) is 12.0. The zero-order valence-electron chi connectivity index (χ0n) is 17.1. The minimum absolute atomic E-state index is 0.232. The van der Waals surface area contributed by atoms with Gasteiger partial charge in [-0.1, -0.05) is 29.3 Å². The van der Waals surface area contributed by atoms with E-state index in [1.165, 1.54) is 27.4 Å². The van der Waals surface area contributed by atoms with Gasteiger partial charge >= 0.3 is 0 Å². The fourth-order valence-corrected chi connectivity index (χ4v) is 3.17. The lowest BCUT2D eigenvalue weighted by Gasteiger charge is -2.13. The van der Waals surface area contributed by atoms with Crippen LogP contribution in [0.3, 0.4) is 0 Å². The smallest absolute Gasteiger partial charge is 0.203 e. The molecule has 0 fully saturated rings. The molecular weight excluding hydrogens is 439 g/mol. The van der Waals surface area contributed by atoms with Crippen LogP contribution in [0.25, 0.3) is 6.08 Å². The molecule has 1 N–H and O–H groups in total. The normalized spacial score (nSPS) is 10.7. The van der Waals surface area contributed by atoms with E-state index in [2.05, 4.69) is 10.3 Å². The van der Waals surface area contributed by atoms with Crippen molar-refractivity contribution in [2.75, 3.05) is 26.6 Å². The molecule has 0 aliphatic rings. The number of hydrogen-bond acceptors (Lipinski definition) is 6. The summed E-state index contributed by atoms with van der Waals surface area (Å²) in [5.74, 6) is 1.65. The van der Waals surface area contributed by atoms with Gasteiger partial charge in [0.05, 0.1) is 36.9 Å². The Morgan fingerprint density at radius 1 is 0.968 bits per heavy atom. The number of ketones is 1. The second kappa shape index (κ2) is 10.2. The minimum atomic E-state index is -0.232. The van der Waals surface area contributed by atoms with E-state index in [-0.39, 0.29) is 5.78 Å². The Morgan fingerprint density at radius 3 is 2.29 bits per heavy atom. The SMILES string of the molecule is COc1cc(C=CC(=O)c2cccnc2Nc2ccc(Cl)c(Cl)c2)cc(OC)c1OC. The van der Waals surface area contributed by atoms with E-state index in [0.29, 0.717) is 49.9 Å². The van der Waals surface area contributed by atoms with Crippen molar-refractivity contribution < 1.29 is 19.0 Å². The Hall–Kier alpha value is -3.22. The fourth-order valence-electron chi connectivity index (χ4n) is 2.87. The van der Waals surface area contributed by atoms with Crippen molar-refractivity contribution >= 4 is 46.6 Å².